The Morgan fingerprint density at radius 2 is 2.46 bits per heavy atom. The third-order valence-electron chi connectivity index (χ3n) is 2.21. The summed E-state index contributed by atoms with van der Waals surface area (Å²) in [5, 5.41) is 3.26. The molecule has 0 radical (unpaired) electrons. The number of nitrogens with two attached hydrogens (primary N) is 1. The number of furan rings is 1. The summed E-state index contributed by atoms with van der Waals surface area (Å²) in [6.45, 7) is 3.69. The molecule has 3 nitrogen and oxygen atoms in total. The maximum Gasteiger partial charge on any atom is 0.101 e. The van der Waals surface area contributed by atoms with Gasteiger partial charge in [0.25, 0.3) is 0 Å². The molecule has 13 heavy (non-hydrogen) atoms. The molecule has 1 aromatic rings. The minimum absolute atomic E-state index is 0.124. The van der Waals surface area contributed by atoms with E-state index in [1.54, 1.807) is 6.26 Å². The van der Waals surface area contributed by atoms with Gasteiger partial charge in [-0.15, -0.1) is 0 Å². The van der Waals surface area contributed by atoms with Gasteiger partial charge in [0.2, 0.25) is 0 Å². The van der Waals surface area contributed by atoms with Gasteiger partial charge in [0.1, 0.15) is 5.76 Å². The van der Waals surface area contributed by atoms with Gasteiger partial charge in [0, 0.05) is 24.7 Å². The van der Waals surface area contributed by atoms with E-state index in [-0.39, 0.29) is 6.04 Å². The first kappa shape index (κ1) is 8.53. The third-order valence-corrected chi connectivity index (χ3v) is 2.21. The molecule has 3 N–H and O–H groups in total. The highest BCUT2D eigenvalue weighted by Crippen LogP contribution is 2.18. The van der Waals surface area contributed by atoms with E-state index in [2.05, 4.69) is 11.4 Å². The van der Waals surface area contributed by atoms with Crippen molar-refractivity contribution in [2.24, 2.45) is 5.73 Å². The monoisotopic (exact) mass is 178 g/mol. The van der Waals surface area contributed by atoms with Crippen LogP contribution in [-0.4, -0.2) is 19.1 Å². The van der Waals surface area contributed by atoms with Crippen LogP contribution in [0.25, 0.3) is 5.57 Å². The Bertz CT molecular complexity index is 327. The molecule has 1 aromatic heterocycles. The molecule has 0 bridgehead atoms. The van der Waals surface area contributed by atoms with E-state index in [0.29, 0.717) is 0 Å². The Morgan fingerprint density at radius 1 is 1.62 bits per heavy atom. The van der Waals surface area contributed by atoms with Crippen molar-refractivity contribution < 1.29 is 4.42 Å². The Hall–Kier alpha value is -1.06. The van der Waals surface area contributed by atoms with Gasteiger partial charge in [0.05, 0.1) is 6.26 Å². The second-order valence-electron chi connectivity index (χ2n) is 3.43. The highest BCUT2D eigenvalue weighted by Gasteiger charge is 2.11. The molecule has 0 aliphatic carbocycles. The van der Waals surface area contributed by atoms with E-state index in [1.807, 2.05) is 13.0 Å². The Kier molecular flexibility index (Phi) is 2.20. The lowest BCUT2D eigenvalue weighted by molar-refractivity contribution is 0.533. The quantitative estimate of drug-likeness (QED) is 0.671. The zero-order chi connectivity index (χ0) is 9.26. The lowest BCUT2D eigenvalue weighted by Gasteiger charge is -2.18. The van der Waals surface area contributed by atoms with Crippen LogP contribution in [0.2, 0.25) is 0 Å². The van der Waals surface area contributed by atoms with Crippen LogP contribution in [0, 0.1) is 6.92 Å². The molecule has 0 aromatic carbocycles. The first-order chi connectivity index (χ1) is 6.25. The summed E-state index contributed by atoms with van der Waals surface area (Å²) in [6, 6.07) is 2.16. The number of hydrogen-bond acceptors (Lipinski definition) is 3. The second kappa shape index (κ2) is 3.36. The summed E-state index contributed by atoms with van der Waals surface area (Å²) in [5.74, 6) is 0.940. The van der Waals surface area contributed by atoms with Crippen LogP contribution >= 0.6 is 0 Å². The summed E-state index contributed by atoms with van der Waals surface area (Å²) in [5.41, 5.74) is 8.17. The van der Waals surface area contributed by atoms with Crippen molar-refractivity contribution in [3.05, 3.63) is 29.7 Å². The van der Waals surface area contributed by atoms with Crippen LogP contribution in [0.1, 0.15) is 11.3 Å². The van der Waals surface area contributed by atoms with Crippen LogP contribution in [0.5, 0.6) is 0 Å². The summed E-state index contributed by atoms with van der Waals surface area (Å²) in [6.07, 6.45) is 3.88. The fourth-order valence-corrected chi connectivity index (χ4v) is 1.56. The largest absolute Gasteiger partial charge is 0.469 e. The van der Waals surface area contributed by atoms with Gasteiger partial charge in [0.15, 0.2) is 0 Å². The second-order valence-corrected chi connectivity index (χ2v) is 3.43. The molecule has 2 heterocycles. The normalized spacial score (nSPS) is 22.9. The lowest BCUT2D eigenvalue weighted by Crippen LogP contribution is -2.37. The predicted molar refractivity (Wildman–Crippen MR) is 52.3 cm³/mol. The Morgan fingerprint density at radius 3 is 3.08 bits per heavy atom. The molecular formula is C10H14N2O. The van der Waals surface area contributed by atoms with Gasteiger partial charge in [-0.05, 0) is 18.6 Å². The zero-order valence-electron chi connectivity index (χ0n) is 7.71. The van der Waals surface area contributed by atoms with Crippen LogP contribution in [0.3, 0.4) is 0 Å². The molecule has 3 heteroatoms. The van der Waals surface area contributed by atoms with E-state index in [0.717, 1.165) is 24.4 Å². The molecule has 1 aliphatic heterocycles. The first-order valence-electron chi connectivity index (χ1n) is 4.48. The Balaban J connectivity index is 2.25. The number of aryl methyl sites for hydroxylation is 1. The van der Waals surface area contributed by atoms with Crippen molar-refractivity contribution in [1.29, 1.82) is 0 Å². The average Bonchev–Trinajstić information content (AvgIpc) is 2.52. The van der Waals surface area contributed by atoms with E-state index >= 15 is 0 Å². The van der Waals surface area contributed by atoms with Crippen molar-refractivity contribution in [2.45, 2.75) is 13.0 Å². The first-order valence-corrected chi connectivity index (χ1v) is 4.48. The number of rotatable bonds is 1. The highest BCUT2D eigenvalue weighted by molar-refractivity contribution is 5.67. The van der Waals surface area contributed by atoms with E-state index < -0.39 is 0 Å². The summed E-state index contributed by atoms with van der Waals surface area (Å²) in [4.78, 5) is 0. The zero-order valence-corrected chi connectivity index (χ0v) is 7.71. The Labute approximate surface area is 77.6 Å². The fraction of sp³-hybridized carbons (Fsp3) is 0.400. The lowest BCUT2D eigenvalue weighted by atomic mass is 10.0. The van der Waals surface area contributed by atoms with Crippen LogP contribution in [-0.2, 0) is 0 Å². The minimum atomic E-state index is 0.124. The van der Waals surface area contributed by atoms with Gasteiger partial charge < -0.3 is 15.5 Å². The maximum atomic E-state index is 5.80. The van der Waals surface area contributed by atoms with Gasteiger partial charge in [-0.2, -0.15) is 0 Å². The molecule has 70 valence electrons. The fourth-order valence-electron chi connectivity index (χ4n) is 1.56. The molecule has 1 unspecified atom stereocenters. The molecule has 0 fully saturated rings. The molecule has 0 spiro atoms. The SMILES string of the molecule is Cc1cc(C2=CC(N)CNC2)co1. The molecule has 2 rings (SSSR count). The smallest absolute Gasteiger partial charge is 0.101 e. The van der Waals surface area contributed by atoms with E-state index in [1.165, 1.54) is 5.57 Å². The summed E-state index contributed by atoms with van der Waals surface area (Å²) in [7, 11) is 0. The number of nitrogens with one attached hydrogen (secondary N) is 1. The third kappa shape index (κ3) is 1.82. The van der Waals surface area contributed by atoms with Crippen molar-refractivity contribution >= 4 is 5.57 Å². The molecule has 0 saturated carbocycles. The van der Waals surface area contributed by atoms with E-state index in [4.69, 9.17) is 10.2 Å². The standard InChI is InChI=1S/C10H14N2O/c1-7-2-9(6-13-7)8-3-10(11)5-12-4-8/h2-3,6,10,12H,4-5,11H2,1H3. The van der Waals surface area contributed by atoms with E-state index in [9.17, 15) is 0 Å². The minimum Gasteiger partial charge on any atom is -0.469 e. The molecule has 0 saturated heterocycles. The van der Waals surface area contributed by atoms with Crippen molar-refractivity contribution in [3.63, 3.8) is 0 Å². The van der Waals surface area contributed by atoms with Gasteiger partial charge in [-0.1, -0.05) is 6.08 Å². The summed E-state index contributed by atoms with van der Waals surface area (Å²) < 4.78 is 5.24. The highest BCUT2D eigenvalue weighted by atomic mass is 16.3. The molecular weight excluding hydrogens is 164 g/mol. The summed E-state index contributed by atoms with van der Waals surface area (Å²) >= 11 is 0. The van der Waals surface area contributed by atoms with Gasteiger partial charge >= 0.3 is 0 Å². The van der Waals surface area contributed by atoms with Crippen LogP contribution in [0.4, 0.5) is 0 Å². The van der Waals surface area contributed by atoms with Crippen molar-refractivity contribution in [3.8, 4) is 0 Å². The predicted octanol–water partition coefficient (Wildman–Crippen LogP) is 0.902. The maximum absolute atomic E-state index is 5.80. The van der Waals surface area contributed by atoms with Gasteiger partial charge in [-0.3, -0.25) is 0 Å². The van der Waals surface area contributed by atoms with Crippen molar-refractivity contribution in [2.75, 3.05) is 13.1 Å². The van der Waals surface area contributed by atoms with Gasteiger partial charge in [-0.25, -0.2) is 0 Å². The van der Waals surface area contributed by atoms with Crippen LogP contribution < -0.4 is 11.1 Å². The van der Waals surface area contributed by atoms with Crippen molar-refractivity contribution in [1.82, 2.24) is 5.32 Å². The number of hydrogen-bond donors (Lipinski definition) is 2. The average molecular weight is 178 g/mol. The topological polar surface area (TPSA) is 51.2 Å². The molecule has 1 atom stereocenters. The van der Waals surface area contributed by atoms with Crippen LogP contribution in [0.15, 0.2) is 22.8 Å². The molecule has 1 aliphatic rings. The molecule has 0 amide bonds.